The predicted molar refractivity (Wildman–Crippen MR) is 64.5 cm³/mol. The summed E-state index contributed by atoms with van der Waals surface area (Å²) in [6, 6.07) is 0.488. The van der Waals surface area contributed by atoms with Gasteiger partial charge in [-0.3, -0.25) is 4.79 Å². The van der Waals surface area contributed by atoms with Crippen LogP contribution < -0.4 is 4.90 Å². The van der Waals surface area contributed by atoms with Gasteiger partial charge >= 0.3 is 5.97 Å². The SMILES string of the molecule is CN(CC(=O)O)c1ncnc2c1ncn2C1CC1. The van der Waals surface area contributed by atoms with E-state index in [-0.39, 0.29) is 6.54 Å². The van der Waals surface area contributed by atoms with Crippen LogP contribution in [0.3, 0.4) is 0 Å². The lowest BCUT2D eigenvalue weighted by molar-refractivity contribution is -0.135. The minimum atomic E-state index is -0.897. The smallest absolute Gasteiger partial charge is 0.323 e. The molecular weight excluding hydrogens is 234 g/mol. The first-order valence-corrected chi connectivity index (χ1v) is 5.77. The Bertz CT molecular complexity index is 604. The van der Waals surface area contributed by atoms with Crippen LogP contribution in [0.1, 0.15) is 18.9 Å². The van der Waals surface area contributed by atoms with Crippen molar-refractivity contribution in [3.63, 3.8) is 0 Å². The number of carboxylic acids is 1. The molecule has 0 unspecified atom stereocenters. The van der Waals surface area contributed by atoms with Crippen molar-refractivity contribution in [3.05, 3.63) is 12.7 Å². The van der Waals surface area contributed by atoms with Crippen molar-refractivity contribution in [2.45, 2.75) is 18.9 Å². The number of hydrogen-bond donors (Lipinski definition) is 1. The first kappa shape index (κ1) is 10.9. The molecule has 0 saturated heterocycles. The molecular formula is C11H13N5O2. The van der Waals surface area contributed by atoms with E-state index in [0.29, 0.717) is 17.4 Å². The standard InChI is InChI=1S/C11H13N5O2/c1-15(4-8(17)18)10-9-11(13-5-12-10)16(6-14-9)7-2-3-7/h5-7H,2-4H2,1H3,(H,17,18). The van der Waals surface area contributed by atoms with E-state index in [2.05, 4.69) is 15.0 Å². The van der Waals surface area contributed by atoms with Gasteiger partial charge in [0.25, 0.3) is 0 Å². The number of hydrogen-bond acceptors (Lipinski definition) is 5. The quantitative estimate of drug-likeness (QED) is 0.855. The molecule has 2 heterocycles. The number of likely N-dealkylation sites (N-methyl/N-ethyl adjacent to an activating group) is 1. The summed E-state index contributed by atoms with van der Waals surface area (Å²) in [7, 11) is 1.69. The van der Waals surface area contributed by atoms with Crippen LogP contribution in [0.4, 0.5) is 5.82 Å². The number of carbonyl (C=O) groups is 1. The van der Waals surface area contributed by atoms with Gasteiger partial charge in [0.05, 0.1) is 6.33 Å². The van der Waals surface area contributed by atoms with E-state index in [4.69, 9.17) is 5.11 Å². The lowest BCUT2D eigenvalue weighted by Crippen LogP contribution is -2.26. The van der Waals surface area contributed by atoms with Crippen LogP contribution in [0, 0.1) is 0 Å². The summed E-state index contributed by atoms with van der Waals surface area (Å²) >= 11 is 0. The number of nitrogens with zero attached hydrogens (tertiary/aromatic N) is 5. The van der Waals surface area contributed by atoms with E-state index in [9.17, 15) is 4.79 Å². The fourth-order valence-corrected chi connectivity index (χ4v) is 2.02. The highest BCUT2D eigenvalue weighted by Crippen LogP contribution is 2.37. The summed E-state index contributed by atoms with van der Waals surface area (Å²) in [5, 5.41) is 8.81. The number of aromatic nitrogens is 4. The van der Waals surface area contributed by atoms with Crippen LogP contribution in [-0.2, 0) is 4.79 Å². The molecule has 0 amide bonds. The van der Waals surface area contributed by atoms with Gasteiger partial charge in [-0.1, -0.05) is 0 Å². The molecule has 94 valence electrons. The molecule has 7 nitrogen and oxygen atoms in total. The lowest BCUT2D eigenvalue weighted by atomic mass is 10.4. The second kappa shape index (κ2) is 3.94. The Morgan fingerprint density at radius 3 is 2.94 bits per heavy atom. The molecule has 2 aromatic heterocycles. The average Bonchev–Trinajstić information content (AvgIpc) is 3.07. The number of rotatable bonds is 4. The van der Waals surface area contributed by atoms with Crippen molar-refractivity contribution in [2.75, 3.05) is 18.5 Å². The van der Waals surface area contributed by atoms with Crippen molar-refractivity contribution < 1.29 is 9.90 Å². The Hall–Kier alpha value is -2.18. The lowest BCUT2D eigenvalue weighted by Gasteiger charge is -2.15. The highest BCUT2D eigenvalue weighted by atomic mass is 16.4. The number of fused-ring (bicyclic) bond motifs is 1. The third-order valence-corrected chi connectivity index (χ3v) is 3.01. The van der Waals surface area contributed by atoms with Crippen molar-refractivity contribution in [1.82, 2.24) is 19.5 Å². The third-order valence-electron chi connectivity index (χ3n) is 3.01. The third kappa shape index (κ3) is 1.77. The molecule has 18 heavy (non-hydrogen) atoms. The molecule has 0 aliphatic heterocycles. The van der Waals surface area contributed by atoms with E-state index in [0.717, 1.165) is 18.5 Å². The van der Waals surface area contributed by atoms with Crippen LogP contribution in [0.2, 0.25) is 0 Å². The van der Waals surface area contributed by atoms with Crippen LogP contribution in [0.5, 0.6) is 0 Å². The summed E-state index contributed by atoms with van der Waals surface area (Å²) < 4.78 is 2.04. The van der Waals surface area contributed by atoms with E-state index < -0.39 is 5.97 Å². The Balaban J connectivity index is 2.04. The number of carboxylic acid groups (broad SMARTS) is 1. The molecule has 7 heteroatoms. The van der Waals surface area contributed by atoms with Crippen molar-refractivity contribution in [2.24, 2.45) is 0 Å². The fraction of sp³-hybridized carbons (Fsp3) is 0.455. The highest BCUT2D eigenvalue weighted by Gasteiger charge is 2.26. The predicted octanol–water partition coefficient (Wildman–Crippen LogP) is 0.682. The van der Waals surface area contributed by atoms with Gasteiger partial charge in [0.15, 0.2) is 17.0 Å². The zero-order chi connectivity index (χ0) is 12.7. The summed E-state index contributed by atoms with van der Waals surface area (Å²) in [6.45, 7) is -0.109. The minimum Gasteiger partial charge on any atom is -0.480 e. The van der Waals surface area contributed by atoms with Crippen LogP contribution in [0.15, 0.2) is 12.7 Å². The number of imidazole rings is 1. The molecule has 1 saturated carbocycles. The first-order valence-electron chi connectivity index (χ1n) is 5.77. The topological polar surface area (TPSA) is 84.1 Å². The summed E-state index contributed by atoms with van der Waals surface area (Å²) in [5.41, 5.74) is 1.44. The number of aliphatic carboxylic acids is 1. The Kier molecular flexibility index (Phi) is 2.39. The van der Waals surface area contributed by atoms with E-state index >= 15 is 0 Å². The Morgan fingerprint density at radius 1 is 1.50 bits per heavy atom. The summed E-state index contributed by atoms with van der Waals surface area (Å²) in [4.78, 5) is 25.0. The normalized spacial score (nSPS) is 14.9. The fourth-order valence-electron chi connectivity index (χ4n) is 2.02. The van der Waals surface area contributed by atoms with E-state index in [1.165, 1.54) is 6.33 Å². The molecule has 0 bridgehead atoms. The van der Waals surface area contributed by atoms with E-state index in [1.54, 1.807) is 18.3 Å². The largest absolute Gasteiger partial charge is 0.480 e. The molecule has 1 N–H and O–H groups in total. The van der Waals surface area contributed by atoms with E-state index in [1.807, 2.05) is 4.57 Å². The monoisotopic (exact) mass is 247 g/mol. The minimum absolute atomic E-state index is 0.109. The average molecular weight is 247 g/mol. The van der Waals surface area contributed by atoms with Crippen molar-refractivity contribution in [3.8, 4) is 0 Å². The van der Waals surface area contributed by atoms with Gasteiger partial charge in [0.2, 0.25) is 0 Å². The molecule has 3 rings (SSSR count). The van der Waals surface area contributed by atoms with Gasteiger partial charge in [-0.05, 0) is 12.8 Å². The summed E-state index contributed by atoms with van der Waals surface area (Å²) in [6.07, 6.45) is 5.51. The van der Waals surface area contributed by atoms with Crippen LogP contribution in [-0.4, -0.2) is 44.2 Å². The Labute approximate surface area is 103 Å². The second-order valence-corrected chi connectivity index (χ2v) is 4.50. The maximum Gasteiger partial charge on any atom is 0.323 e. The highest BCUT2D eigenvalue weighted by molar-refractivity contribution is 5.85. The van der Waals surface area contributed by atoms with Gasteiger partial charge in [0.1, 0.15) is 12.9 Å². The summed E-state index contributed by atoms with van der Waals surface area (Å²) in [5.74, 6) is -0.340. The van der Waals surface area contributed by atoms with Crippen LogP contribution in [0.25, 0.3) is 11.2 Å². The second-order valence-electron chi connectivity index (χ2n) is 4.50. The molecule has 1 aliphatic carbocycles. The van der Waals surface area contributed by atoms with Gasteiger partial charge in [-0.2, -0.15) is 0 Å². The van der Waals surface area contributed by atoms with Crippen molar-refractivity contribution in [1.29, 1.82) is 0 Å². The van der Waals surface area contributed by atoms with Gasteiger partial charge in [0, 0.05) is 13.1 Å². The molecule has 2 aromatic rings. The van der Waals surface area contributed by atoms with Gasteiger partial charge in [-0.25, -0.2) is 15.0 Å². The van der Waals surface area contributed by atoms with Gasteiger partial charge in [-0.15, -0.1) is 0 Å². The molecule has 0 atom stereocenters. The Morgan fingerprint density at radius 2 is 2.28 bits per heavy atom. The molecule has 1 fully saturated rings. The molecule has 0 radical (unpaired) electrons. The van der Waals surface area contributed by atoms with Crippen LogP contribution >= 0.6 is 0 Å². The van der Waals surface area contributed by atoms with Crippen molar-refractivity contribution >= 4 is 23.0 Å². The molecule has 0 aromatic carbocycles. The maximum atomic E-state index is 10.7. The maximum absolute atomic E-state index is 10.7. The molecule has 0 spiro atoms. The molecule has 1 aliphatic rings. The first-order chi connectivity index (χ1) is 8.66. The van der Waals surface area contributed by atoms with Gasteiger partial charge < -0.3 is 14.6 Å². The zero-order valence-corrected chi connectivity index (χ0v) is 9.94. The number of anilines is 1. The zero-order valence-electron chi connectivity index (χ0n) is 9.94.